The number of hydrogen-bond acceptors (Lipinski definition) is 12. The molecule has 3 heterocycles. The molecule has 18 rings (SSSR count). The van der Waals surface area contributed by atoms with Crippen LogP contribution in [-0.2, 0) is 58.7 Å². The summed E-state index contributed by atoms with van der Waals surface area (Å²) in [6.07, 6.45) is 13.3. The van der Waals surface area contributed by atoms with Crippen molar-refractivity contribution in [2.24, 2.45) is 7.05 Å². The van der Waals surface area contributed by atoms with Crippen LogP contribution in [0.3, 0.4) is 0 Å². The molecule has 0 radical (unpaired) electrons. The van der Waals surface area contributed by atoms with Crippen molar-refractivity contribution in [1.29, 1.82) is 0 Å². The molecule has 10 bridgehead atoms. The quantitative estimate of drug-likeness (QED) is 0.0489. The molecular weight excluding hydrogens is 1250 g/mol. The Bertz CT molecular complexity index is 3790. The third-order valence-corrected chi connectivity index (χ3v) is 14.1. The number of halogens is 12. The molecule has 0 aliphatic heterocycles. The third kappa shape index (κ3) is 20.8. The van der Waals surface area contributed by atoms with Crippen molar-refractivity contribution < 1.29 is 107 Å². The Labute approximate surface area is 511 Å². The van der Waals surface area contributed by atoms with Gasteiger partial charge in [0.05, 0.1) is 82.6 Å². The van der Waals surface area contributed by atoms with E-state index in [-0.39, 0.29) is 0 Å². The van der Waals surface area contributed by atoms with E-state index >= 15 is 0 Å². The molecule has 490 valence electrons. The van der Waals surface area contributed by atoms with E-state index in [1.165, 1.54) is 11.1 Å². The van der Waals surface area contributed by atoms with E-state index in [2.05, 4.69) is 70.0 Å². The number of rotatable bonds is 17. The van der Waals surface area contributed by atoms with E-state index < -0.39 is 15.6 Å². The molecular formula is C61H67F12N5O10P2. The van der Waals surface area contributed by atoms with Crippen molar-refractivity contribution in [3.63, 3.8) is 0 Å². The van der Waals surface area contributed by atoms with Crippen LogP contribution in [0.4, 0.5) is 50.4 Å². The van der Waals surface area contributed by atoms with Crippen molar-refractivity contribution in [3.05, 3.63) is 177 Å². The summed E-state index contributed by atoms with van der Waals surface area (Å²) in [5.74, 6) is 6.95. The van der Waals surface area contributed by atoms with Gasteiger partial charge in [-0.25, -0.2) is 13.8 Å². The summed E-state index contributed by atoms with van der Waals surface area (Å²) in [4.78, 5) is 0. The molecule has 0 saturated carbocycles. The average Bonchev–Trinajstić information content (AvgIpc) is 1.56. The predicted octanol–water partition coefficient (Wildman–Crippen LogP) is 15.5. The van der Waals surface area contributed by atoms with Gasteiger partial charge in [0, 0.05) is 118 Å². The van der Waals surface area contributed by atoms with Gasteiger partial charge in [-0.15, -0.1) is 5.10 Å². The van der Waals surface area contributed by atoms with Crippen LogP contribution in [0.15, 0.2) is 116 Å². The first-order valence-electron chi connectivity index (χ1n) is 27.2. The molecule has 0 N–H and O–H groups in total. The van der Waals surface area contributed by atoms with Crippen molar-refractivity contribution >= 4 is 15.6 Å². The molecule has 90 heavy (non-hydrogen) atoms. The van der Waals surface area contributed by atoms with E-state index in [1.807, 2.05) is 77.1 Å². The van der Waals surface area contributed by atoms with Crippen LogP contribution in [-0.4, -0.2) is 85.6 Å². The average molecular weight is 1320 g/mol. The fourth-order valence-corrected chi connectivity index (χ4v) is 10.0. The third-order valence-electron chi connectivity index (χ3n) is 14.1. The first kappa shape index (κ1) is 69.0. The molecule has 0 spiro atoms. The number of aromatic nitrogens is 5. The Balaban J connectivity index is 0.000000737. The maximum absolute atomic E-state index is 10.7. The van der Waals surface area contributed by atoms with Crippen LogP contribution >= 0.6 is 15.6 Å². The van der Waals surface area contributed by atoms with Crippen LogP contribution in [0.1, 0.15) is 61.3 Å². The van der Waals surface area contributed by atoms with Gasteiger partial charge in [-0.2, -0.15) is 0 Å². The number of pyridine rings is 2. The summed E-state index contributed by atoms with van der Waals surface area (Å²) in [7, 11) is -4.18. The molecule has 10 aliphatic rings. The van der Waals surface area contributed by atoms with E-state index in [1.54, 1.807) is 64.0 Å². The number of ether oxygens (including phenoxy) is 10. The summed E-state index contributed by atoms with van der Waals surface area (Å²) >= 11 is 0. The minimum atomic E-state index is -10.7. The topological polar surface area (TPSA) is 131 Å². The molecule has 3 aromatic heterocycles. The van der Waals surface area contributed by atoms with E-state index in [4.69, 9.17) is 47.4 Å². The zero-order valence-electron chi connectivity index (χ0n) is 50.6. The van der Waals surface area contributed by atoms with Crippen LogP contribution in [0.5, 0.6) is 57.5 Å². The second-order valence-corrected chi connectivity index (χ2v) is 24.5. The van der Waals surface area contributed by atoms with Gasteiger partial charge in [-0.3, -0.25) is 0 Å². The molecule has 0 amide bonds. The van der Waals surface area contributed by atoms with E-state index in [0.717, 1.165) is 74.3 Å². The molecule has 0 atom stereocenters. The van der Waals surface area contributed by atoms with Crippen molar-refractivity contribution in [3.8, 4) is 68.6 Å². The van der Waals surface area contributed by atoms with Gasteiger partial charge in [0.2, 0.25) is 0 Å². The number of benzene rings is 5. The Hall–Kier alpha value is -8.44. The van der Waals surface area contributed by atoms with Crippen molar-refractivity contribution in [1.82, 2.24) is 15.0 Å². The van der Waals surface area contributed by atoms with Gasteiger partial charge in [-0.1, -0.05) is 5.21 Å². The monoisotopic (exact) mass is 1320 g/mol. The Morgan fingerprint density at radius 1 is 0.389 bits per heavy atom. The van der Waals surface area contributed by atoms with Gasteiger partial charge < -0.3 is 47.4 Å². The SMILES string of the molecule is COc1cc2c(OC)cc1Cc1cc(OC)c(cc1OC)Cc1cc(OC)c(cc1OC)Cc1cc(OC)c(cc1OCCn1cc(CC[n+]3ccc(-c4cc[n+](C)cc4)cc3)nn1)Cc1cc(OC)c(cc1OC)C2.F[P-](F)(F)(F)(F)F.F[P-](F)(F)(F)(F)F. The van der Waals surface area contributed by atoms with Gasteiger partial charge in [0.25, 0.3) is 0 Å². The fraction of sp³-hybridized carbons (Fsp3) is 0.311. The molecule has 5 aromatic carbocycles. The Morgan fingerprint density at radius 2 is 0.633 bits per heavy atom. The first-order chi connectivity index (χ1) is 42.0. The van der Waals surface area contributed by atoms with Gasteiger partial charge in [0.1, 0.15) is 71.1 Å². The normalized spacial score (nSPS) is 13.8. The standard InChI is InChI=1S/C61H67N5O10.2F6P/c1-64-16-11-39(12-17-64)40-13-18-65(19-14-40)20-15-51-38-66(63-62-51)21-22-76-61-37-49-26-47-34-56(71-6)45(32-57(47)72-7)24-43-30-52(67-2)41(28-53(43)68-3)23-42-29-55(70-5)44(31-54(42)69-4)25-46-33-59(74-9)48(35-58(46)73-8)27-50(61)36-60(49)75-10;2*1-7(2,3,4,5)6/h11-14,16-19,28-38H,15,20-27H2,1-10H3;;/q+2;2*-1. The Kier molecular flexibility index (Phi) is 20.1. The minimum absolute atomic E-state index is 0.319. The zero-order chi connectivity index (χ0) is 66.1. The van der Waals surface area contributed by atoms with E-state index in [9.17, 15) is 50.4 Å². The number of hydrogen-bond donors (Lipinski definition) is 0. The summed E-state index contributed by atoms with van der Waals surface area (Å²) in [6.45, 7) is 1.55. The molecule has 0 unspecified atom stereocenters. The van der Waals surface area contributed by atoms with Crippen molar-refractivity contribution in [2.45, 2.75) is 51.6 Å². The summed E-state index contributed by atoms with van der Waals surface area (Å²) in [5.41, 5.74) is 12.3. The molecule has 0 fully saturated rings. The summed E-state index contributed by atoms with van der Waals surface area (Å²) in [5, 5.41) is 8.99. The van der Waals surface area contributed by atoms with Crippen LogP contribution in [0, 0.1) is 0 Å². The van der Waals surface area contributed by atoms with Gasteiger partial charge in [0.15, 0.2) is 31.3 Å². The fourth-order valence-electron chi connectivity index (χ4n) is 10.0. The molecule has 15 nitrogen and oxygen atoms in total. The maximum atomic E-state index is 9.87. The zero-order valence-corrected chi connectivity index (χ0v) is 52.4. The summed E-state index contributed by atoms with van der Waals surface area (Å²) in [6, 6.07) is 28.9. The van der Waals surface area contributed by atoms with Crippen LogP contribution in [0.2, 0.25) is 0 Å². The molecule has 10 aliphatic carbocycles. The predicted molar refractivity (Wildman–Crippen MR) is 315 cm³/mol. The Morgan fingerprint density at radius 3 is 0.900 bits per heavy atom. The van der Waals surface area contributed by atoms with Gasteiger partial charge >= 0.3 is 66.0 Å². The molecule has 8 aromatic rings. The summed E-state index contributed by atoms with van der Waals surface area (Å²) < 4.78 is 186. The van der Waals surface area contributed by atoms with Crippen LogP contribution < -0.4 is 56.5 Å². The number of aryl methyl sites for hydroxylation is 3. The van der Waals surface area contributed by atoms with Crippen molar-refractivity contribution in [2.75, 3.05) is 70.6 Å². The van der Waals surface area contributed by atoms with Crippen LogP contribution in [0.25, 0.3) is 11.1 Å². The van der Waals surface area contributed by atoms with Gasteiger partial charge in [-0.05, 0) is 71.8 Å². The second-order valence-electron chi connectivity index (χ2n) is 20.6. The first-order valence-corrected chi connectivity index (χ1v) is 31.3. The molecule has 29 heteroatoms. The second kappa shape index (κ2) is 26.2. The van der Waals surface area contributed by atoms with E-state index in [0.29, 0.717) is 103 Å². The number of nitrogens with zero attached hydrogens (tertiary/aromatic N) is 5. The number of methoxy groups -OCH3 is 9. The molecule has 0 saturated heterocycles.